The molecule has 0 unspecified atom stereocenters. The van der Waals surface area contributed by atoms with E-state index in [1.165, 1.54) is 0 Å². The Hall–Kier alpha value is -2.11. The first-order valence-electron chi connectivity index (χ1n) is 8.43. The highest BCUT2D eigenvalue weighted by molar-refractivity contribution is 6.62. The lowest BCUT2D eigenvalue weighted by molar-refractivity contribution is 0.00578. The predicted molar refractivity (Wildman–Crippen MR) is 98.3 cm³/mol. The monoisotopic (exact) mass is 338 g/mol. The second-order valence-electron chi connectivity index (χ2n) is 7.31. The van der Waals surface area contributed by atoms with E-state index in [0.29, 0.717) is 12.2 Å². The molecule has 1 fully saturated rings. The van der Waals surface area contributed by atoms with E-state index in [1.807, 2.05) is 52.0 Å². The van der Waals surface area contributed by atoms with Crippen LogP contribution in [0.3, 0.4) is 0 Å². The molecule has 5 heteroatoms. The molecule has 0 N–H and O–H groups in total. The van der Waals surface area contributed by atoms with E-state index in [4.69, 9.17) is 14.0 Å². The fourth-order valence-electron chi connectivity index (χ4n) is 2.56. The van der Waals surface area contributed by atoms with Crippen molar-refractivity contribution in [2.24, 2.45) is 0 Å². The van der Waals surface area contributed by atoms with Crippen LogP contribution < -0.4 is 10.2 Å². The second-order valence-corrected chi connectivity index (χ2v) is 7.31. The molecule has 0 saturated carbocycles. The maximum Gasteiger partial charge on any atom is 0.494 e. The zero-order chi connectivity index (χ0) is 18.1. The van der Waals surface area contributed by atoms with Crippen molar-refractivity contribution in [2.45, 2.75) is 45.5 Å². The number of ether oxygens (including phenoxy) is 1. The van der Waals surface area contributed by atoms with Crippen LogP contribution in [0.25, 0.3) is 0 Å². The lowest BCUT2D eigenvalue weighted by Gasteiger charge is -2.32. The van der Waals surface area contributed by atoms with E-state index in [-0.39, 0.29) is 18.3 Å². The summed E-state index contributed by atoms with van der Waals surface area (Å²) in [6.45, 7) is 8.65. The van der Waals surface area contributed by atoms with Gasteiger partial charge in [0.1, 0.15) is 18.6 Å². The van der Waals surface area contributed by atoms with Crippen molar-refractivity contribution in [1.82, 2.24) is 0 Å². The molecule has 0 aromatic heterocycles. The smallest absolute Gasteiger partial charge is 0.489 e. The van der Waals surface area contributed by atoms with Crippen LogP contribution in [0.5, 0.6) is 5.75 Å². The Kier molecular flexibility index (Phi) is 4.72. The van der Waals surface area contributed by atoms with Crippen molar-refractivity contribution in [2.75, 3.05) is 0 Å². The molecule has 0 atom stereocenters. The van der Waals surface area contributed by atoms with Gasteiger partial charge < -0.3 is 14.0 Å². The quantitative estimate of drug-likeness (QED) is 0.619. The summed E-state index contributed by atoms with van der Waals surface area (Å²) in [4.78, 5) is 10.7. The van der Waals surface area contributed by atoms with Gasteiger partial charge in [0.2, 0.25) is 0 Å². The van der Waals surface area contributed by atoms with E-state index in [2.05, 4.69) is 0 Å². The standard InChI is InChI=1S/C20H23BO4/c1-19(2)20(3,4)25-21(24-19)17-9-5-16(6-10-17)14-23-18-11-7-15(13-22)8-12-18/h5-13H,14H2,1-4H3. The highest BCUT2D eigenvalue weighted by Gasteiger charge is 2.51. The zero-order valence-corrected chi connectivity index (χ0v) is 15.1. The molecule has 1 aliphatic rings. The van der Waals surface area contributed by atoms with Gasteiger partial charge in [0.15, 0.2) is 0 Å². The Morgan fingerprint density at radius 3 is 2.00 bits per heavy atom. The van der Waals surface area contributed by atoms with Gasteiger partial charge in [-0.25, -0.2) is 0 Å². The second kappa shape index (κ2) is 6.66. The van der Waals surface area contributed by atoms with Gasteiger partial charge in [-0.1, -0.05) is 24.3 Å². The molecule has 3 rings (SSSR count). The third-order valence-corrected chi connectivity index (χ3v) is 4.93. The molecule has 0 bridgehead atoms. The number of rotatable bonds is 5. The summed E-state index contributed by atoms with van der Waals surface area (Å²) in [7, 11) is -0.351. The van der Waals surface area contributed by atoms with Crippen molar-refractivity contribution < 1.29 is 18.8 Å². The van der Waals surface area contributed by atoms with Crippen LogP contribution in [-0.2, 0) is 15.9 Å². The fraction of sp³-hybridized carbons (Fsp3) is 0.350. The summed E-state index contributed by atoms with van der Waals surface area (Å²) >= 11 is 0. The summed E-state index contributed by atoms with van der Waals surface area (Å²) in [5.41, 5.74) is 2.01. The van der Waals surface area contributed by atoms with Crippen LogP contribution in [0.4, 0.5) is 0 Å². The SMILES string of the molecule is CC1(C)OB(c2ccc(COc3ccc(C=O)cc3)cc2)OC1(C)C. The summed E-state index contributed by atoms with van der Waals surface area (Å²) in [5, 5.41) is 0. The third kappa shape index (κ3) is 3.78. The summed E-state index contributed by atoms with van der Waals surface area (Å²) in [5.74, 6) is 0.737. The van der Waals surface area contributed by atoms with Crippen molar-refractivity contribution in [3.8, 4) is 5.75 Å². The summed E-state index contributed by atoms with van der Waals surface area (Å²) < 4.78 is 17.9. The van der Waals surface area contributed by atoms with Gasteiger partial charge in [0, 0.05) is 5.56 Å². The van der Waals surface area contributed by atoms with Gasteiger partial charge in [-0.05, 0) is 63.0 Å². The number of hydrogen-bond acceptors (Lipinski definition) is 4. The number of hydrogen-bond donors (Lipinski definition) is 0. The molecule has 0 radical (unpaired) electrons. The van der Waals surface area contributed by atoms with Crippen LogP contribution in [0.1, 0.15) is 43.6 Å². The van der Waals surface area contributed by atoms with Crippen molar-refractivity contribution in [1.29, 1.82) is 0 Å². The topological polar surface area (TPSA) is 44.8 Å². The largest absolute Gasteiger partial charge is 0.494 e. The molecule has 0 spiro atoms. The predicted octanol–water partition coefficient (Wildman–Crippen LogP) is 3.38. The Labute approximate surface area is 149 Å². The van der Waals surface area contributed by atoms with Crippen LogP contribution in [0.2, 0.25) is 0 Å². The Balaban J connectivity index is 1.62. The van der Waals surface area contributed by atoms with E-state index < -0.39 is 0 Å². The number of benzene rings is 2. The third-order valence-electron chi connectivity index (χ3n) is 4.93. The first kappa shape index (κ1) is 17.7. The van der Waals surface area contributed by atoms with Crippen LogP contribution in [-0.4, -0.2) is 24.6 Å². The minimum absolute atomic E-state index is 0.340. The van der Waals surface area contributed by atoms with Crippen molar-refractivity contribution >= 4 is 18.9 Å². The molecule has 2 aromatic carbocycles. The molecular weight excluding hydrogens is 315 g/mol. The van der Waals surface area contributed by atoms with Gasteiger partial charge in [0.25, 0.3) is 0 Å². The number of carbonyl (C=O) groups is 1. The molecule has 1 heterocycles. The molecular formula is C20H23BO4. The van der Waals surface area contributed by atoms with E-state index in [0.717, 1.165) is 23.1 Å². The first-order chi connectivity index (χ1) is 11.8. The minimum Gasteiger partial charge on any atom is -0.489 e. The minimum atomic E-state index is -0.351. The fourth-order valence-corrected chi connectivity index (χ4v) is 2.56. The molecule has 130 valence electrons. The average Bonchev–Trinajstić information content (AvgIpc) is 2.82. The molecule has 1 aliphatic heterocycles. The van der Waals surface area contributed by atoms with Gasteiger partial charge in [-0.2, -0.15) is 0 Å². The molecule has 4 nitrogen and oxygen atoms in total. The van der Waals surface area contributed by atoms with Crippen LogP contribution in [0, 0.1) is 0 Å². The van der Waals surface area contributed by atoms with Crippen LogP contribution in [0.15, 0.2) is 48.5 Å². The molecule has 25 heavy (non-hydrogen) atoms. The molecule has 0 aliphatic carbocycles. The maximum absolute atomic E-state index is 10.7. The zero-order valence-electron chi connectivity index (χ0n) is 15.1. The van der Waals surface area contributed by atoms with Crippen LogP contribution >= 0.6 is 0 Å². The van der Waals surface area contributed by atoms with Gasteiger partial charge in [0.05, 0.1) is 11.2 Å². The van der Waals surface area contributed by atoms with E-state index >= 15 is 0 Å². The molecule has 2 aromatic rings. The Bertz CT molecular complexity index is 719. The summed E-state index contributed by atoms with van der Waals surface area (Å²) in [6.07, 6.45) is 0.818. The Morgan fingerprint density at radius 2 is 1.48 bits per heavy atom. The highest BCUT2D eigenvalue weighted by atomic mass is 16.7. The number of carbonyl (C=O) groups excluding carboxylic acids is 1. The van der Waals surface area contributed by atoms with E-state index in [9.17, 15) is 4.79 Å². The van der Waals surface area contributed by atoms with Gasteiger partial charge >= 0.3 is 7.12 Å². The molecule has 1 saturated heterocycles. The van der Waals surface area contributed by atoms with Crippen molar-refractivity contribution in [3.05, 3.63) is 59.7 Å². The lowest BCUT2D eigenvalue weighted by Crippen LogP contribution is -2.41. The van der Waals surface area contributed by atoms with Gasteiger partial charge in [-0.15, -0.1) is 0 Å². The number of aldehydes is 1. The molecule has 0 amide bonds. The lowest BCUT2D eigenvalue weighted by atomic mass is 9.79. The van der Waals surface area contributed by atoms with Gasteiger partial charge in [-0.3, -0.25) is 4.79 Å². The van der Waals surface area contributed by atoms with Crippen molar-refractivity contribution in [3.63, 3.8) is 0 Å². The average molecular weight is 338 g/mol. The van der Waals surface area contributed by atoms with E-state index in [1.54, 1.807) is 24.3 Å². The highest BCUT2D eigenvalue weighted by Crippen LogP contribution is 2.36. The Morgan fingerprint density at radius 1 is 0.920 bits per heavy atom. The maximum atomic E-state index is 10.7. The normalized spacial score (nSPS) is 18.2. The first-order valence-corrected chi connectivity index (χ1v) is 8.43. The summed E-state index contributed by atoms with van der Waals surface area (Å²) in [6, 6.07) is 15.1.